The largest absolute Gasteiger partial charge is 0.431 e. The minimum absolute atomic E-state index is 0.114. The number of ether oxygens (including phenoxy) is 1. The van der Waals surface area contributed by atoms with E-state index in [4.69, 9.17) is 17.0 Å². The van der Waals surface area contributed by atoms with Crippen molar-refractivity contribution in [3.63, 3.8) is 0 Å². The number of benzene rings is 1. The standard InChI is InChI=1S/C11H14N2O2S/c1-8-4-6-9(7-5-8)15-11(16)13(3)10(14)12-2/h4-7H,1-3H3,(H,12,14). The van der Waals surface area contributed by atoms with E-state index in [-0.39, 0.29) is 11.2 Å². The van der Waals surface area contributed by atoms with Crippen molar-refractivity contribution in [1.29, 1.82) is 0 Å². The van der Waals surface area contributed by atoms with Crippen molar-refractivity contribution in [2.45, 2.75) is 6.92 Å². The van der Waals surface area contributed by atoms with Gasteiger partial charge in [0.1, 0.15) is 5.75 Å². The summed E-state index contributed by atoms with van der Waals surface area (Å²) in [5, 5.41) is 2.57. The van der Waals surface area contributed by atoms with E-state index in [0.29, 0.717) is 5.75 Å². The Morgan fingerprint density at radius 3 is 2.44 bits per heavy atom. The van der Waals surface area contributed by atoms with Gasteiger partial charge in [0.25, 0.3) is 5.17 Å². The minimum Gasteiger partial charge on any atom is -0.431 e. The zero-order chi connectivity index (χ0) is 12.1. The van der Waals surface area contributed by atoms with Gasteiger partial charge in [0.15, 0.2) is 0 Å². The molecule has 0 saturated heterocycles. The Labute approximate surface area is 100 Å². The normalized spacial score (nSPS) is 9.44. The molecule has 0 bridgehead atoms. The van der Waals surface area contributed by atoms with Crippen LogP contribution in [0.1, 0.15) is 5.56 Å². The smallest absolute Gasteiger partial charge is 0.324 e. The minimum atomic E-state index is -0.308. The summed E-state index contributed by atoms with van der Waals surface area (Å²) in [6.07, 6.45) is 0. The molecule has 0 aliphatic heterocycles. The lowest BCUT2D eigenvalue weighted by molar-refractivity contribution is 0.225. The van der Waals surface area contributed by atoms with Crippen molar-refractivity contribution in [2.75, 3.05) is 14.1 Å². The maximum absolute atomic E-state index is 11.2. The number of hydrogen-bond acceptors (Lipinski definition) is 3. The van der Waals surface area contributed by atoms with Gasteiger partial charge in [0.05, 0.1) is 0 Å². The third-order valence-electron chi connectivity index (χ3n) is 2.02. The molecule has 5 heteroatoms. The molecule has 0 unspecified atom stereocenters. The van der Waals surface area contributed by atoms with Gasteiger partial charge in [-0.1, -0.05) is 17.7 Å². The highest BCUT2D eigenvalue weighted by Gasteiger charge is 2.13. The maximum Gasteiger partial charge on any atom is 0.324 e. The number of rotatable bonds is 1. The Balaban J connectivity index is 2.64. The summed E-state index contributed by atoms with van der Waals surface area (Å²) >= 11 is 4.98. The van der Waals surface area contributed by atoms with Crippen LogP contribution in [0.25, 0.3) is 0 Å². The summed E-state index contributed by atoms with van der Waals surface area (Å²) in [5.41, 5.74) is 1.14. The fourth-order valence-corrected chi connectivity index (χ4v) is 1.21. The van der Waals surface area contributed by atoms with Crippen LogP contribution in [0.5, 0.6) is 5.75 Å². The average Bonchev–Trinajstić information content (AvgIpc) is 2.30. The Kier molecular flexibility index (Phi) is 4.25. The van der Waals surface area contributed by atoms with Crippen LogP contribution in [0.15, 0.2) is 24.3 Å². The van der Waals surface area contributed by atoms with Crippen molar-refractivity contribution in [3.8, 4) is 5.75 Å². The van der Waals surface area contributed by atoms with Crippen LogP contribution in [-0.4, -0.2) is 30.2 Å². The third kappa shape index (κ3) is 3.20. The fraction of sp³-hybridized carbons (Fsp3) is 0.273. The van der Waals surface area contributed by atoms with E-state index in [1.165, 1.54) is 11.9 Å². The van der Waals surface area contributed by atoms with E-state index in [9.17, 15) is 4.79 Å². The SMILES string of the molecule is CNC(=O)N(C)C(=S)Oc1ccc(C)cc1. The predicted molar refractivity (Wildman–Crippen MR) is 66.6 cm³/mol. The number of hydrogen-bond donors (Lipinski definition) is 1. The molecular formula is C11H14N2O2S. The number of carbonyl (C=O) groups is 1. The zero-order valence-corrected chi connectivity index (χ0v) is 10.3. The Morgan fingerprint density at radius 1 is 1.38 bits per heavy atom. The van der Waals surface area contributed by atoms with Crippen LogP contribution in [-0.2, 0) is 0 Å². The lowest BCUT2D eigenvalue weighted by Crippen LogP contribution is -2.40. The Bertz CT molecular complexity index is 389. The van der Waals surface area contributed by atoms with Crippen molar-refractivity contribution in [3.05, 3.63) is 29.8 Å². The molecule has 0 atom stereocenters. The number of amides is 2. The van der Waals surface area contributed by atoms with E-state index in [2.05, 4.69) is 5.32 Å². The van der Waals surface area contributed by atoms with Crippen molar-refractivity contribution in [1.82, 2.24) is 10.2 Å². The molecule has 0 spiro atoms. The summed E-state index contributed by atoms with van der Waals surface area (Å²) in [7, 11) is 3.09. The summed E-state index contributed by atoms with van der Waals surface area (Å²) in [6, 6.07) is 7.13. The first kappa shape index (κ1) is 12.4. The molecule has 1 rings (SSSR count). The van der Waals surface area contributed by atoms with Gasteiger partial charge < -0.3 is 10.1 Å². The number of aryl methyl sites for hydroxylation is 1. The summed E-state index contributed by atoms with van der Waals surface area (Å²) in [5.74, 6) is 0.617. The van der Waals surface area contributed by atoms with Crippen molar-refractivity contribution < 1.29 is 9.53 Å². The van der Waals surface area contributed by atoms with Crippen LogP contribution in [0.2, 0.25) is 0 Å². The summed E-state index contributed by atoms with van der Waals surface area (Å²) in [6.45, 7) is 1.98. The number of urea groups is 1. The van der Waals surface area contributed by atoms with Gasteiger partial charge in [0, 0.05) is 14.1 Å². The number of carbonyl (C=O) groups excluding carboxylic acids is 1. The van der Waals surface area contributed by atoms with Gasteiger partial charge in [-0.15, -0.1) is 0 Å². The van der Waals surface area contributed by atoms with Gasteiger partial charge in [0.2, 0.25) is 0 Å². The molecule has 0 aliphatic carbocycles. The molecule has 0 aliphatic rings. The van der Waals surface area contributed by atoms with E-state index in [0.717, 1.165) is 5.56 Å². The maximum atomic E-state index is 11.2. The molecule has 0 saturated carbocycles. The molecule has 0 radical (unpaired) electrons. The number of thiocarbonyl (C=S) groups is 1. The first-order valence-electron chi connectivity index (χ1n) is 4.78. The van der Waals surface area contributed by atoms with E-state index in [1.807, 2.05) is 19.1 Å². The molecule has 0 heterocycles. The second-order valence-corrected chi connectivity index (χ2v) is 3.64. The van der Waals surface area contributed by atoms with Gasteiger partial charge >= 0.3 is 6.03 Å². The number of nitrogens with zero attached hydrogens (tertiary/aromatic N) is 1. The lowest BCUT2D eigenvalue weighted by Gasteiger charge is -2.17. The van der Waals surface area contributed by atoms with E-state index < -0.39 is 0 Å². The average molecular weight is 238 g/mol. The van der Waals surface area contributed by atoms with E-state index >= 15 is 0 Å². The van der Waals surface area contributed by atoms with Crippen LogP contribution >= 0.6 is 12.2 Å². The van der Waals surface area contributed by atoms with Gasteiger partial charge in [-0.3, -0.25) is 4.90 Å². The van der Waals surface area contributed by atoms with Crippen LogP contribution in [0, 0.1) is 6.92 Å². The Morgan fingerprint density at radius 2 is 1.94 bits per heavy atom. The van der Waals surface area contributed by atoms with Crippen LogP contribution in [0.4, 0.5) is 4.79 Å². The topological polar surface area (TPSA) is 41.6 Å². The second kappa shape index (κ2) is 5.46. The van der Waals surface area contributed by atoms with Gasteiger partial charge in [-0.2, -0.15) is 0 Å². The summed E-state index contributed by atoms with van der Waals surface area (Å²) in [4.78, 5) is 12.5. The molecule has 1 aromatic rings. The summed E-state index contributed by atoms with van der Waals surface area (Å²) < 4.78 is 5.35. The Hall–Kier alpha value is -1.62. The lowest BCUT2D eigenvalue weighted by atomic mass is 10.2. The first-order valence-corrected chi connectivity index (χ1v) is 5.19. The fourth-order valence-electron chi connectivity index (χ4n) is 1.03. The highest BCUT2D eigenvalue weighted by Crippen LogP contribution is 2.12. The highest BCUT2D eigenvalue weighted by atomic mass is 32.1. The molecule has 2 amide bonds. The molecule has 16 heavy (non-hydrogen) atoms. The molecule has 1 aromatic carbocycles. The van der Waals surface area contributed by atoms with Crippen molar-refractivity contribution in [2.24, 2.45) is 0 Å². The second-order valence-electron chi connectivity index (χ2n) is 3.30. The predicted octanol–water partition coefficient (Wildman–Crippen LogP) is 1.93. The quantitative estimate of drug-likeness (QED) is 0.760. The van der Waals surface area contributed by atoms with E-state index in [1.54, 1.807) is 19.2 Å². The molecule has 0 fully saturated rings. The third-order valence-corrected chi connectivity index (χ3v) is 2.38. The van der Waals surface area contributed by atoms with Crippen LogP contribution < -0.4 is 10.1 Å². The molecular weight excluding hydrogens is 224 g/mol. The van der Waals surface area contributed by atoms with Crippen LogP contribution in [0.3, 0.4) is 0 Å². The van der Waals surface area contributed by atoms with Gasteiger partial charge in [-0.25, -0.2) is 4.79 Å². The molecule has 1 N–H and O–H groups in total. The molecule has 86 valence electrons. The molecule has 4 nitrogen and oxygen atoms in total. The van der Waals surface area contributed by atoms with Crippen molar-refractivity contribution >= 4 is 23.4 Å². The zero-order valence-electron chi connectivity index (χ0n) is 9.48. The monoisotopic (exact) mass is 238 g/mol. The van der Waals surface area contributed by atoms with Gasteiger partial charge in [-0.05, 0) is 31.3 Å². The first-order chi connectivity index (χ1) is 7.54. The highest BCUT2D eigenvalue weighted by molar-refractivity contribution is 7.80. The molecule has 0 aromatic heterocycles. The number of nitrogens with one attached hydrogen (secondary N) is 1.